The summed E-state index contributed by atoms with van der Waals surface area (Å²) in [4.78, 5) is 3.80. The number of rotatable bonds is 3. The van der Waals surface area contributed by atoms with E-state index in [-0.39, 0.29) is 10.6 Å². The van der Waals surface area contributed by atoms with Crippen molar-refractivity contribution in [3.05, 3.63) is 53.3 Å². The second-order valence-electron chi connectivity index (χ2n) is 4.38. The van der Waals surface area contributed by atoms with E-state index in [2.05, 4.69) is 10.3 Å². The zero-order chi connectivity index (χ0) is 15.6. The minimum absolute atomic E-state index is 0.205. The van der Waals surface area contributed by atoms with Crippen LogP contribution in [0.25, 0.3) is 0 Å². The first-order chi connectivity index (χ1) is 9.79. The van der Waals surface area contributed by atoms with Crippen molar-refractivity contribution < 1.29 is 13.2 Å². The van der Waals surface area contributed by atoms with Gasteiger partial charge in [0, 0.05) is 17.4 Å². The molecule has 0 unspecified atom stereocenters. The van der Waals surface area contributed by atoms with Crippen molar-refractivity contribution in [3.8, 4) is 0 Å². The number of nitrogens with one attached hydrogen (secondary N) is 1. The van der Waals surface area contributed by atoms with E-state index in [1.807, 2.05) is 0 Å². The van der Waals surface area contributed by atoms with Crippen molar-refractivity contribution in [1.29, 1.82) is 0 Å². The quantitative estimate of drug-likeness (QED) is 0.847. The monoisotopic (exact) mass is 311 g/mol. The van der Waals surface area contributed by atoms with E-state index >= 15 is 0 Å². The topological polar surface area (TPSA) is 50.9 Å². The largest absolute Gasteiger partial charge is 0.417 e. The molecule has 1 aromatic carbocycles. The Hall–Kier alpha value is -2.15. The highest BCUT2D eigenvalue weighted by atomic mass is 32.1. The van der Waals surface area contributed by atoms with Gasteiger partial charge >= 0.3 is 6.18 Å². The van der Waals surface area contributed by atoms with Gasteiger partial charge in [-0.1, -0.05) is 12.2 Å². The number of nitrogens with two attached hydrogens (primary N) is 1. The van der Waals surface area contributed by atoms with Crippen LogP contribution in [-0.4, -0.2) is 9.97 Å². The summed E-state index contributed by atoms with van der Waals surface area (Å²) in [6, 6.07) is 7.09. The minimum atomic E-state index is -4.50. The zero-order valence-corrected chi connectivity index (χ0v) is 11.8. The van der Waals surface area contributed by atoms with E-state index in [0.29, 0.717) is 11.4 Å². The molecule has 0 saturated heterocycles. The van der Waals surface area contributed by atoms with Crippen LogP contribution in [0, 0.1) is 6.92 Å². The molecule has 110 valence electrons. The third kappa shape index (κ3) is 3.49. The molecule has 7 heteroatoms. The van der Waals surface area contributed by atoms with Crippen molar-refractivity contribution in [1.82, 2.24) is 4.98 Å². The number of hydrogen-bond donors (Lipinski definition) is 2. The maximum atomic E-state index is 12.9. The van der Waals surface area contributed by atoms with E-state index in [1.54, 1.807) is 25.3 Å². The number of thiocarbonyl (C=S) groups is 1. The molecular formula is C14H12F3N3S. The molecule has 0 aliphatic rings. The molecule has 0 radical (unpaired) electrons. The normalized spacial score (nSPS) is 11.2. The second kappa shape index (κ2) is 5.69. The fourth-order valence-corrected chi connectivity index (χ4v) is 2.01. The highest BCUT2D eigenvalue weighted by Gasteiger charge is 2.34. The number of halogens is 3. The summed E-state index contributed by atoms with van der Waals surface area (Å²) in [5, 5.41) is 3.00. The van der Waals surface area contributed by atoms with E-state index in [4.69, 9.17) is 18.0 Å². The van der Waals surface area contributed by atoms with Crippen LogP contribution in [0.1, 0.15) is 16.8 Å². The van der Waals surface area contributed by atoms with Gasteiger partial charge in [0.2, 0.25) is 0 Å². The van der Waals surface area contributed by atoms with Crippen molar-refractivity contribution in [2.45, 2.75) is 13.1 Å². The number of hydrogen-bond acceptors (Lipinski definition) is 3. The molecule has 0 aliphatic heterocycles. The lowest BCUT2D eigenvalue weighted by molar-refractivity contribution is -0.137. The zero-order valence-electron chi connectivity index (χ0n) is 11.0. The maximum Gasteiger partial charge on any atom is 0.417 e. The summed E-state index contributed by atoms with van der Waals surface area (Å²) in [6.45, 7) is 1.79. The van der Waals surface area contributed by atoms with Crippen molar-refractivity contribution in [2.75, 3.05) is 5.32 Å². The highest BCUT2D eigenvalue weighted by molar-refractivity contribution is 7.80. The van der Waals surface area contributed by atoms with Crippen LogP contribution < -0.4 is 11.1 Å². The second-order valence-corrected chi connectivity index (χ2v) is 4.82. The number of pyridine rings is 1. The lowest BCUT2D eigenvalue weighted by Gasteiger charge is -2.15. The van der Waals surface area contributed by atoms with E-state index < -0.39 is 11.7 Å². The van der Waals surface area contributed by atoms with Crippen LogP contribution in [0.3, 0.4) is 0 Å². The fourth-order valence-electron chi connectivity index (χ4n) is 1.84. The first kappa shape index (κ1) is 15.2. The van der Waals surface area contributed by atoms with Crippen LogP contribution in [0.4, 0.5) is 24.5 Å². The van der Waals surface area contributed by atoms with Crippen LogP contribution in [0.2, 0.25) is 0 Å². The van der Waals surface area contributed by atoms with Gasteiger partial charge in [0.25, 0.3) is 0 Å². The van der Waals surface area contributed by atoms with E-state index in [0.717, 1.165) is 11.8 Å². The third-order valence-electron chi connectivity index (χ3n) is 2.88. The molecule has 1 heterocycles. The molecule has 3 N–H and O–H groups in total. The summed E-state index contributed by atoms with van der Waals surface area (Å²) in [7, 11) is 0. The van der Waals surface area contributed by atoms with Gasteiger partial charge in [0.05, 0.1) is 16.9 Å². The lowest BCUT2D eigenvalue weighted by atomic mass is 10.1. The summed E-state index contributed by atoms with van der Waals surface area (Å²) in [6.07, 6.45) is -2.87. The molecule has 21 heavy (non-hydrogen) atoms. The first-order valence-corrected chi connectivity index (χ1v) is 6.39. The summed E-state index contributed by atoms with van der Waals surface area (Å²) >= 11 is 4.71. The molecule has 0 saturated carbocycles. The van der Waals surface area contributed by atoms with Crippen molar-refractivity contribution in [2.24, 2.45) is 5.73 Å². The molecule has 1 aromatic heterocycles. The Bertz CT molecular complexity index is 683. The van der Waals surface area contributed by atoms with Crippen molar-refractivity contribution in [3.63, 3.8) is 0 Å². The molecule has 0 amide bonds. The van der Waals surface area contributed by atoms with Gasteiger partial charge in [0.15, 0.2) is 0 Å². The average Bonchev–Trinajstić information content (AvgIpc) is 2.40. The summed E-state index contributed by atoms with van der Waals surface area (Å²) in [5.74, 6) is 0. The molecular weight excluding hydrogens is 299 g/mol. The molecule has 0 aliphatic carbocycles. The molecule has 2 aromatic rings. The number of anilines is 2. The number of alkyl halides is 3. The maximum absolute atomic E-state index is 12.9. The van der Waals surface area contributed by atoms with Gasteiger partial charge in [-0.15, -0.1) is 0 Å². The summed E-state index contributed by atoms with van der Waals surface area (Å²) < 4.78 is 38.7. The number of benzene rings is 1. The molecule has 0 atom stereocenters. The molecule has 2 rings (SSSR count). The Kier molecular flexibility index (Phi) is 4.13. The lowest BCUT2D eigenvalue weighted by Crippen LogP contribution is -2.18. The molecule has 0 fully saturated rings. The Balaban J connectivity index is 2.42. The Morgan fingerprint density at radius 2 is 2.00 bits per heavy atom. The van der Waals surface area contributed by atoms with Crippen LogP contribution in [-0.2, 0) is 6.18 Å². The first-order valence-electron chi connectivity index (χ1n) is 5.98. The van der Waals surface area contributed by atoms with Gasteiger partial charge in [-0.3, -0.25) is 4.98 Å². The van der Waals surface area contributed by atoms with Gasteiger partial charge in [-0.05, 0) is 37.3 Å². The predicted octanol–water partition coefficient (Wildman–Crippen LogP) is 3.79. The SMILES string of the molecule is Cc1ncccc1Nc1ccc(C(F)(F)F)c(C(N)=S)c1. The average molecular weight is 311 g/mol. The van der Waals surface area contributed by atoms with Crippen LogP contribution in [0.5, 0.6) is 0 Å². The Morgan fingerprint density at radius 3 is 2.57 bits per heavy atom. The Morgan fingerprint density at radius 1 is 1.29 bits per heavy atom. The highest BCUT2D eigenvalue weighted by Crippen LogP contribution is 2.34. The standard InChI is InChI=1S/C14H12F3N3S/c1-8-12(3-2-6-19-8)20-9-4-5-11(14(15,16)17)10(7-9)13(18)21/h2-7,20H,1H3,(H2,18,21). The van der Waals surface area contributed by atoms with Gasteiger partial charge < -0.3 is 11.1 Å². The molecule has 0 spiro atoms. The number of nitrogens with zero attached hydrogens (tertiary/aromatic N) is 1. The minimum Gasteiger partial charge on any atom is -0.389 e. The van der Waals surface area contributed by atoms with Crippen LogP contribution in [0.15, 0.2) is 36.5 Å². The fraction of sp³-hybridized carbons (Fsp3) is 0.143. The Labute approximate surface area is 125 Å². The molecule has 0 bridgehead atoms. The van der Waals surface area contributed by atoms with E-state index in [1.165, 1.54) is 12.1 Å². The number of aromatic nitrogens is 1. The van der Waals surface area contributed by atoms with Gasteiger partial charge in [-0.2, -0.15) is 13.2 Å². The third-order valence-corrected chi connectivity index (χ3v) is 3.10. The van der Waals surface area contributed by atoms with Crippen molar-refractivity contribution >= 4 is 28.6 Å². The van der Waals surface area contributed by atoms with E-state index in [9.17, 15) is 13.2 Å². The van der Waals surface area contributed by atoms with Gasteiger partial charge in [-0.25, -0.2) is 0 Å². The summed E-state index contributed by atoms with van der Waals surface area (Å²) in [5.41, 5.74) is 6.24. The van der Waals surface area contributed by atoms with Gasteiger partial charge in [0.1, 0.15) is 4.99 Å². The smallest absolute Gasteiger partial charge is 0.389 e. The van der Waals surface area contributed by atoms with Crippen LogP contribution >= 0.6 is 12.2 Å². The number of aryl methyl sites for hydroxylation is 1. The predicted molar refractivity (Wildman–Crippen MR) is 79.6 cm³/mol. The molecule has 3 nitrogen and oxygen atoms in total.